The first-order valence-corrected chi connectivity index (χ1v) is 14.6. The molecule has 2 N–H and O–H groups in total. The van der Waals surface area contributed by atoms with E-state index in [0.29, 0.717) is 74.2 Å². The highest BCUT2D eigenvalue weighted by Crippen LogP contribution is 2.46. The summed E-state index contributed by atoms with van der Waals surface area (Å²) in [4.78, 5) is 36.1. The van der Waals surface area contributed by atoms with E-state index in [1.807, 2.05) is 24.3 Å². The second kappa shape index (κ2) is 8.27. The van der Waals surface area contributed by atoms with Gasteiger partial charge in [0.25, 0.3) is 0 Å². The van der Waals surface area contributed by atoms with Crippen molar-refractivity contribution in [3.05, 3.63) is 113 Å². The highest BCUT2D eigenvalue weighted by molar-refractivity contribution is 6.48. The molecule has 0 fully saturated rings. The Bertz CT molecular complexity index is 2640. The fourth-order valence-corrected chi connectivity index (χ4v) is 7.76. The third-order valence-electron chi connectivity index (χ3n) is 8.49. The summed E-state index contributed by atoms with van der Waals surface area (Å²) >= 11 is 26.7. The summed E-state index contributed by atoms with van der Waals surface area (Å²) < 4.78 is 0. The van der Waals surface area contributed by atoms with Crippen LogP contribution in [0.4, 0.5) is 0 Å². The van der Waals surface area contributed by atoms with Crippen LogP contribution in [0.3, 0.4) is 0 Å². The number of benzene rings is 7. The van der Waals surface area contributed by atoms with Crippen LogP contribution in [-0.4, -0.2) is 9.97 Å². The number of rotatable bonds is 0. The van der Waals surface area contributed by atoms with E-state index in [2.05, 4.69) is 9.97 Å². The standard InChI is InChI=1S/C34H14Cl4N2O2/c35-13-7-9-21-17(11-13)25-23-15(3-1-5-19(23)37)33(41)29-27(25)32(40-21)30-28-26(24-16(34(30)42)4-2-6-20(24)38)18-12-14(36)8-10-22(18)39-31(28)29/h1-12,39-40H. The molecule has 0 amide bonds. The fourth-order valence-electron chi connectivity index (χ4n) is 6.88. The minimum absolute atomic E-state index is 0.195. The van der Waals surface area contributed by atoms with Gasteiger partial charge in [0, 0.05) is 85.0 Å². The van der Waals surface area contributed by atoms with Gasteiger partial charge in [0.2, 0.25) is 0 Å². The van der Waals surface area contributed by atoms with E-state index in [1.165, 1.54) is 0 Å². The van der Waals surface area contributed by atoms with E-state index < -0.39 is 0 Å². The Balaban J connectivity index is 1.80. The molecule has 0 aliphatic carbocycles. The predicted molar refractivity (Wildman–Crippen MR) is 179 cm³/mol. The van der Waals surface area contributed by atoms with Crippen molar-refractivity contribution in [2.45, 2.75) is 0 Å². The first-order chi connectivity index (χ1) is 20.3. The van der Waals surface area contributed by atoms with Crippen molar-refractivity contribution in [2.24, 2.45) is 0 Å². The molecule has 200 valence electrons. The molecule has 0 aliphatic heterocycles. The number of pyridine rings is 2. The second-order valence-corrected chi connectivity index (χ2v) is 12.3. The zero-order chi connectivity index (χ0) is 28.6. The zero-order valence-electron chi connectivity index (χ0n) is 21.3. The Hall–Kier alpha value is -4.06. The Morgan fingerprint density at radius 1 is 0.429 bits per heavy atom. The predicted octanol–water partition coefficient (Wildman–Crippen LogP) is 10.3. The Morgan fingerprint density at radius 3 is 1.29 bits per heavy atom. The molecule has 0 saturated heterocycles. The average Bonchev–Trinajstić information content (AvgIpc) is 2.97. The molecule has 2 aromatic heterocycles. The van der Waals surface area contributed by atoms with Crippen LogP contribution in [0.15, 0.2) is 82.4 Å². The lowest BCUT2D eigenvalue weighted by Crippen LogP contribution is -2.11. The maximum Gasteiger partial charge on any atom is 0.196 e. The zero-order valence-corrected chi connectivity index (χ0v) is 24.3. The van der Waals surface area contributed by atoms with Crippen LogP contribution in [0, 0.1) is 0 Å². The summed E-state index contributed by atoms with van der Waals surface area (Å²) in [7, 11) is 0. The molecular formula is C34H14Cl4N2O2. The SMILES string of the molecule is O=c1c2cccc(Cl)c2c2c3cc(Cl)ccc3[nH]c3c4c(=O)c5cccc(Cl)c5c5c6cc(Cl)ccc6[nH]c(c1c32)c45. The molecule has 0 aliphatic rings. The van der Waals surface area contributed by atoms with Gasteiger partial charge in [-0.05, 0) is 48.5 Å². The summed E-state index contributed by atoms with van der Waals surface area (Å²) in [6.07, 6.45) is 0. The highest BCUT2D eigenvalue weighted by Gasteiger charge is 2.26. The number of halogens is 4. The van der Waals surface area contributed by atoms with E-state index in [9.17, 15) is 9.59 Å². The second-order valence-electron chi connectivity index (χ2n) is 10.6. The molecule has 0 atom stereocenters. The average molecular weight is 624 g/mol. The minimum Gasteiger partial charge on any atom is -0.354 e. The van der Waals surface area contributed by atoms with Gasteiger partial charge >= 0.3 is 0 Å². The molecule has 0 bridgehead atoms. The molecule has 2 heterocycles. The van der Waals surface area contributed by atoms with Crippen LogP contribution in [0.25, 0.3) is 86.7 Å². The van der Waals surface area contributed by atoms with Crippen molar-refractivity contribution in [3.8, 4) is 0 Å². The fraction of sp³-hybridized carbons (Fsp3) is 0. The van der Waals surface area contributed by atoms with Crippen molar-refractivity contribution >= 4 is 133 Å². The summed E-state index contributed by atoms with van der Waals surface area (Å²) in [5.41, 5.74) is 2.21. The topological polar surface area (TPSA) is 65.7 Å². The van der Waals surface area contributed by atoms with Crippen molar-refractivity contribution in [3.63, 3.8) is 0 Å². The number of aromatic nitrogens is 2. The van der Waals surface area contributed by atoms with Crippen LogP contribution in [0.5, 0.6) is 0 Å². The van der Waals surface area contributed by atoms with Gasteiger partial charge in [0.05, 0.1) is 21.8 Å². The van der Waals surface area contributed by atoms with Gasteiger partial charge in [-0.15, -0.1) is 0 Å². The molecule has 0 saturated carbocycles. The molecular weight excluding hydrogens is 610 g/mol. The largest absolute Gasteiger partial charge is 0.354 e. The van der Waals surface area contributed by atoms with Gasteiger partial charge in [-0.25, -0.2) is 0 Å². The molecule has 8 heteroatoms. The Morgan fingerprint density at radius 2 is 0.857 bits per heavy atom. The van der Waals surface area contributed by atoms with Crippen molar-refractivity contribution < 1.29 is 0 Å². The van der Waals surface area contributed by atoms with Gasteiger partial charge in [-0.3, -0.25) is 9.59 Å². The molecule has 0 spiro atoms. The maximum atomic E-state index is 14.5. The van der Waals surface area contributed by atoms with Crippen LogP contribution in [0.2, 0.25) is 20.1 Å². The highest BCUT2D eigenvalue weighted by atomic mass is 35.5. The van der Waals surface area contributed by atoms with E-state index in [1.54, 1.807) is 48.5 Å². The molecule has 0 unspecified atom stereocenters. The van der Waals surface area contributed by atoms with Gasteiger partial charge in [0.15, 0.2) is 10.9 Å². The van der Waals surface area contributed by atoms with Crippen molar-refractivity contribution in [2.75, 3.05) is 0 Å². The van der Waals surface area contributed by atoms with Crippen LogP contribution in [0.1, 0.15) is 0 Å². The third-order valence-corrected chi connectivity index (χ3v) is 9.59. The first-order valence-electron chi connectivity index (χ1n) is 13.1. The smallest absolute Gasteiger partial charge is 0.196 e. The van der Waals surface area contributed by atoms with Crippen LogP contribution < -0.4 is 10.9 Å². The lowest BCUT2D eigenvalue weighted by Gasteiger charge is -2.20. The number of hydrogen-bond acceptors (Lipinski definition) is 2. The van der Waals surface area contributed by atoms with Crippen molar-refractivity contribution in [1.29, 1.82) is 0 Å². The van der Waals surface area contributed by atoms with E-state index in [0.717, 1.165) is 32.6 Å². The normalized spacial score (nSPS) is 12.5. The van der Waals surface area contributed by atoms with Crippen LogP contribution >= 0.6 is 46.4 Å². The summed E-state index contributed by atoms with van der Waals surface area (Å²) in [6, 6.07) is 21.7. The number of nitrogens with one attached hydrogen (secondary N) is 2. The number of aromatic amines is 2. The number of H-pyrrole nitrogens is 2. The monoisotopic (exact) mass is 622 g/mol. The Labute approximate surface area is 255 Å². The molecule has 9 rings (SSSR count). The van der Waals surface area contributed by atoms with E-state index >= 15 is 0 Å². The first kappa shape index (κ1) is 24.5. The number of hydrogen-bond donors (Lipinski definition) is 2. The third kappa shape index (κ3) is 2.95. The molecule has 0 radical (unpaired) electrons. The minimum atomic E-state index is -0.195. The van der Waals surface area contributed by atoms with Gasteiger partial charge in [0.1, 0.15) is 0 Å². The summed E-state index contributed by atoms with van der Waals surface area (Å²) in [6.45, 7) is 0. The van der Waals surface area contributed by atoms with Gasteiger partial charge in [-0.1, -0.05) is 70.7 Å². The molecule has 4 nitrogen and oxygen atoms in total. The van der Waals surface area contributed by atoms with Crippen LogP contribution in [-0.2, 0) is 0 Å². The van der Waals surface area contributed by atoms with Gasteiger partial charge in [-0.2, -0.15) is 0 Å². The lowest BCUT2D eigenvalue weighted by atomic mass is 9.87. The molecule has 7 aromatic carbocycles. The van der Waals surface area contributed by atoms with Crippen molar-refractivity contribution in [1.82, 2.24) is 9.97 Å². The van der Waals surface area contributed by atoms with Gasteiger partial charge < -0.3 is 9.97 Å². The molecule has 9 aromatic rings. The Kier molecular flexibility index (Phi) is 4.83. The summed E-state index contributed by atoms with van der Waals surface area (Å²) in [5.74, 6) is 0. The summed E-state index contributed by atoms with van der Waals surface area (Å²) in [5, 5.41) is 9.39. The maximum absolute atomic E-state index is 14.5. The molecule has 42 heavy (non-hydrogen) atoms. The van der Waals surface area contributed by atoms with E-state index in [4.69, 9.17) is 46.4 Å². The number of fused-ring (bicyclic) bond motifs is 10. The van der Waals surface area contributed by atoms with E-state index in [-0.39, 0.29) is 10.9 Å². The quantitative estimate of drug-likeness (QED) is 0.130. The lowest BCUT2D eigenvalue weighted by molar-refractivity contribution is 1.50.